The molecule has 3 aromatic rings. The van der Waals surface area contributed by atoms with Crippen molar-refractivity contribution >= 4 is 39.3 Å². The molecule has 0 aliphatic carbocycles. The first kappa shape index (κ1) is 17.8. The Bertz CT molecular complexity index is 965. The Morgan fingerprint density at radius 2 is 1.84 bits per heavy atom. The summed E-state index contributed by atoms with van der Waals surface area (Å²) in [4.78, 5) is 22.4. The number of nitrogens with zero attached hydrogens (tertiary/aromatic N) is 2. The molecule has 0 aliphatic rings. The molecule has 0 bridgehead atoms. The summed E-state index contributed by atoms with van der Waals surface area (Å²) in [5, 5.41) is 10.9. The van der Waals surface area contributed by atoms with Gasteiger partial charge in [-0.1, -0.05) is 23.9 Å². The van der Waals surface area contributed by atoms with Gasteiger partial charge in [-0.3, -0.25) is 4.79 Å². The number of carbonyl (C=O) groups is 1. The largest absolute Gasteiger partial charge is 0.480 e. The fourth-order valence-electron chi connectivity index (χ4n) is 2.51. The van der Waals surface area contributed by atoms with E-state index < -0.39 is 10.7 Å². The standard InChI is InChI=1S/C18H17FN2O2S2/c1-9-13(11-5-7-12(19)8-6-11)14-15(24-9)20-10(2)21-16(14)25-18(3,4)17(22)23/h5-8H,1-4H3,(H,22,23). The summed E-state index contributed by atoms with van der Waals surface area (Å²) < 4.78 is 12.3. The first-order valence-corrected chi connectivity index (χ1v) is 9.28. The van der Waals surface area contributed by atoms with E-state index in [2.05, 4.69) is 9.97 Å². The lowest BCUT2D eigenvalue weighted by Gasteiger charge is -2.18. The molecule has 0 amide bonds. The monoisotopic (exact) mass is 376 g/mol. The van der Waals surface area contributed by atoms with Gasteiger partial charge in [0.15, 0.2) is 0 Å². The second kappa shape index (κ2) is 6.38. The quantitative estimate of drug-likeness (QED) is 0.509. The molecule has 0 saturated heterocycles. The third kappa shape index (κ3) is 3.39. The first-order chi connectivity index (χ1) is 11.7. The molecule has 0 radical (unpaired) electrons. The number of rotatable bonds is 4. The third-order valence-electron chi connectivity index (χ3n) is 3.81. The van der Waals surface area contributed by atoms with Crippen LogP contribution in [-0.2, 0) is 4.79 Å². The third-order valence-corrected chi connectivity index (χ3v) is 5.98. The van der Waals surface area contributed by atoms with Crippen LogP contribution >= 0.6 is 23.1 Å². The number of aryl methyl sites for hydroxylation is 2. The van der Waals surface area contributed by atoms with Crippen molar-refractivity contribution < 1.29 is 14.3 Å². The van der Waals surface area contributed by atoms with E-state index in [0.29, 0.717) is 10.9 Å². The highest BCUT2D eigenvalue weighted by molar-refractivity contribution is 8.01. The maximum Gasteiger partial charge on any atom is 0.319 e. The summed E-state index contributed by atoms with van der Waals surface area (Å²) in [7, 11) is 0. The number of fused-ring (bicyclic) bond motifs is 1. The van der Waals surface area contributed by atoms with Gasteiger partial charge in [0.2, 0.25) is 0 Å². The first-order valence-electron chi connectivity index (χ1n) is 7.65. The van der Waals surface area contributed by atoms with Crippen LogP contribution < -0.4 is 0 Å². The highest BCUT2D eigenvalue weighted by Gasteiger charge is 2.31. The van der Waals surface area contributed by atoms with Crippen molar-refractivity contribution in [1.82, 2.24) is 9.97 Å². The lowest BCUT2D eigenvalue weighted by Crippen LogP contribution is -2.27. The molecule has 4 nitrogen and oxygen atoms in total. The van der Waals surface area contributed by atoms with E-state index in [4.69, 9.17) is 0 Å². The van der Waals surface area contributed by atoms with Crippen LogP contribution in [0.3, 0.4) is 0 Å². The average molecular weight is 376 g/mol. The number of carboxylic acid groups (broad SMARTS) is 1. The van der Waals surface area contributed by atoms with Gasteiger partial charge in [0.25, 0.3) is 0 Å². The van der Waals surface area contributed by atoms with Crippen molar-refractivity contribution in [2.24, 2.45) is 0 Å². The smallest absolute Gasteiger partial charge is 0.319 e. The topological polar surface area (TPSA) is 63.1 Å². The van der Waals surface area contributed by atoms with E-state index in [1.165, 1.54) is 35.2 Å². The van der Waals surface area contributed by atoms with E-state index in [-0.39, 0.29) is 5.82 Å². The minimum Gasteiger partial charge on any atom is -0.480 e. The molecule has 0 aliphatic heterocycles. The molecule has 1 aromatic carbocycles. The van der Waals surface area contributed by atoms with Gasteiger partial charge in [0.1, 0.15) is 26.2 Å². The van der Waals surface area contributed by atoms with Crippen LogP contribution in [0.5, 0.6) is 0 Å². The number of aliphatic carboxylic acids is 1. The molecule has 7 heteroatoms. The van der Waals surface area contributed by atoms with E-state index in [9.17, 15) is 14.3 Å². The SMILES string of the molecule is Cc1nc(SC(C)(C)C(=O)O)c2c(-c3ccc(F)cc3)c(C)sc2n1. The van der Waals surface area contributed by atoms with Crippen molar-refractivity contribution in [3.8, 4) is 11.1 Å². The molecule has 0 fully saturated rings. The number of hydrogen-bond acceptors (Lipinski definition) is 5. The van der Waals surface area contributed by atoms with Gasteiger partial charge < -0.3 is 5.11 Å². The van der Waals surface area contributed by atoms with Crippen LogP contribution in [0, 0.1) is 19.7 Å². The van der Waals surface area contributed by atoms with Crippen LogP contribution in [0.25, 0.3) is 21.3 Å². The maximum atomic E-state index is 13.3. The van der Waals surface area contributed by atoms with Crippen LogP contribution in [0.2, 0.25) is 0 Å². The van der Waals surface area contributed by atoms with Crippen LogP contribution in [-0.4, -0.2) is 25.8 Å². The Morgan fingerprint density at radius 3 is 2.44 bits per heavy atom. The zero-order valence-corrected chi connectivity index (χ0v) is 15.9. The predicted molar refractivity (Wildman–Crippen MR) is 99.9 cm³/mol. The summed E-state index contributed by atoms with van der Waals surface area (Å²) in [6.07, 6.45) is 0. The number of thiophene rings is 1. The van der Waals surface area contributed by atoms with Gasteiger partial charge in [-0.15, -0.1) is 11.3 Å². The Hall–Kier alpha value is -1.99. The van der Waals surface area contributed by atoms with Gasteiger partial charge in [-0.2, -0.15) is 0 Å². The van der Waals surface area contributed by atoms with Crippen molar-refractivity contribution in [3.05, 3.63) is 40.8 Å². The van der Waals surface area contributed by atoms with Crippen LogP contribution in [0.1, 0.15) is 24.5 Å². The highest BCUT2D eigenvalue weighted by atomic mass is 32.2. The second-order valence-electron chi connectivity index (χ2n) is 6.21. The number of hydrogen-bond donors (Lipinski definition) is 1. The van der Waals surface area contributed by atoms with Crippen LogP contribution in [0.4, 0.5) is 4.39 Å². The number of halogens is 1. The lowest BCUT2D eigenvalue weighted by atomic mass is 10.0. The number of carboxylic acids is 1. The van der Waals surface area contributed by atoms with Gasteiger partial charge in [-0.25, -0.2) is 14.4 Å². The molecule has 25 heavy (non-hydrogen) atoms. The number of benzene rings is 1. The van der Waals surface area contributed by atoms with Gasteiger partial charge in [0, 0.05) is 10.4 Å². The fraction of sp³-hybridized carbons (Fsp3) is 0.278. The summed E-state index contributed by atoms with van der Waals surface area (Å²) in [6, 6.07) is 6.28. The summed E-state index contributed by atoms with van der Waals surface area (Å²) in [5.41, 5.74) is 1.80. The molecular weight excluding hydrogens is 359 g/mol. The van der Waals surface area contributed by atoms with Crippen molar-refractivity contribution in [3.63, 3.8) is 0 Å². The van der Waals surface area contributed by atoms with Crippen molar-refractivity contribution in [1.29, 1.82) is 0 Å². The Balaban J connectivity index is 2.26. The fourth-order valence-corrected chi connectivity index (χ4v) is 4.71. The summed E-state index contributed by atoms with van der Waals surface area (Å²) in [6.45, 7) is 7.08. The van der Waals surface area contributed by atoms with Crippen LogP contribution in [0.15, 0.2) is 29.3 Å². The number of thioether (sulfide) groups is 1. The molecule has 0 atom stereocenters. The Labute approximate surface area is 153 Å². The summed E-state index contributed by atoms with van der Waals surface area (Å²) in [5.74, 6) is -0.602. The average Bonchev–Trinajstić information content (AvgIpc) is 2.83. The molecule has 2 heterocycles. The Morgan fingerprint density at radius 1 is 1.20 bits per heavy atom. The second-order valence-corrected chi connectivity index (χ2v) is 9.03. The molecule has 0 spiro atoms. The predicted octanol–water partition coefficient (Wildman–Crippen LogP) is 5.07. The lowest BCUT2D eigenvalue weighted by molar-refractivity contribution is -0.138. The normalized spacial score (nSPS) is 11.9. The minimum atomic E-state index is -1.02. The van der Waals surface area contributed by atoms with Crippen molar-refractivity contribution in [2.75, 3.05) is 0 Å². The minimum absolute atomic E-state index is 0.297. The van der Waals surface area contributed by atoms with Crippen molar-refractivity contribution in [2.45, 2.75) is 37.5 Å². The van der Waals surface area contributed by atoms with Gasteiger partial charge in [-0.05, 0) is 45.4 Å². The molecule has 0 saturated carbocycles. The zero-order valence-electron chi connectivity index (χ0n) is 14.3. The molecule has 3 rings (SSSR count). The van der Waals surface area contributed by atoms with E-state index in [0.717, 1.165) is 26.2 Å². The zero-order chi connectivity index (χ0) is 18.4. The number of aromatic nitrogens is 2. The molecule has 130 valence electrons. The van der Waals surface area contributed by atoms with E-state index in [1.54, 1.807) is 32.9 Å². The van der Waals surface area contributed by atoms with Gasteiger partial charge in [0.05, 0.1) is 5.39 Å². The molecule has 1 N–H and O–H groups in total. The van der Waals surface area contributed by atoms with E-state index in [1.807, 2.05) is 6.92 Å². The van der Waals surface area contributed by atoms with E-state index >= 15 is 0 Å². The Kier molecular flexibility index (Phi) is 4.55. The van der Waals surface area contributed by atoms with Gasteiger partial charge >= 0.3 is 5.97 Å². The maximum absolute atomic E-state index is 13.3. The highest BCUT2D eigenvalue weighted by Crippen LogP contribution is 2.44. The summed E-state index contributed by atoms with van der Waals surface area (Å²) >= 11 is 2.74. The molecule has 0 unspecified atom stereocenters. The molecule has 2 aromatic heterocycles. The molecular formula is C18H17FN2O2S2.